The van der Waals surface area contributed by atoms with Crippen molar-refractivity contribution in [2.45, 2.75) is 9.79 Å². The molecule has 0 unspecified atom stereocenters. The topological polar surface area (TPSA) is 272 Å². The third-order valence-corrected chi connectivity index (χ3v) is 12.7. The van der Waals surface area contributed by atoms with Gasteiger partial charge in [-0.3, -0.25) is 14.4 Å². The second-order valence-electron chi connectivity index (χ2n) is 15.5. The molecule has 3 fully saturated rings. The van der Waals surface area contributed by atoms with Crippen LogP contribution >= 0.6 is 12.0 Å². The van der Waals surface area contributed by atoms with Crippen LogP contribution < -0.4 is 30.7 Å². The van der Waals surface area contributed by atoms with Crippen LogP contribution in [0, 0.1) is 0 Å². The molecule has 0 spiro atoms. The van der Waals surface area contributed by atoms with Gasteiger partial charge in [0.15, 0.2) is 0 Å². The van der Waals surface area contributed by atoms with E-state index in [0.29, 0.717) is 131 Å². The standard InChI is InChI=1S/C42H52N14O9S2/c57-24-20-52-12-16-54(17-13-52)40-47-37(43-32-4-2-1-3-5-32)46-38(48-40)45-34-11-9-31(36(29-34)67(60,61)62)7-6-30-8-10-33(28-35(30)66-65-64-59)44-39-49-41(55-18-14-53(15-19-55)21-25-58)51-42(50-39)56-22-26-63-27-23-56/h1-11,28-29,57-59H,12-27H2,(H,60,61,62)(H,44,49,50,51)(H2,43,45,46,47,48). The fourth-order valence-corrected chi connectivity index (χ4v) is 8.86. The summed E-state index contributed by atoms with van der Waals surface area (Å²) in [6.07, 6.45) is 3.14. The summed E-state index contributed by atoms with van der Waals surface area (Å²) < 4.78 is 46.6. The molecule has 0 atom stereocenters. The number of anilines is 9. The lowest BCUT2D eigenvalue weighted by molar-refractivity contribution is -0.432. The van der Waals surface area contributed by atoms with Gasteiger partial charge in [0.1, 0.15) is 4.90 Å². The number of aromatic nitrogens is 6. The van der Waals surface area contributed by atoms with Crippen molar-refractivity contribution in [3.8, 4) is 0 Å². The summed E-state index contributed by atoms with van der Waals surface area (Å²) in [6, 6.07) is 19.0. The highest BCUT2D eigenvalue weighted by Gasteiger charge is 2.24. The van der Waals surface area contributed by atoms with E-state index in [2.05, 4.69) is 50.6 Å². The van der Waals surface area contributed by atoms with Crippen LogP contribution in [0.3, 0.4) is 0 Å². The number of para-hydroxylation sites is 1. The summed E-state index contributed by atoms with van der Waals surface area (Å²) in [5.74, 6) is 2.11. The number of nitrogens with zero attached hydrogens (tertiary/aromatic N) is 11. The van der Waals surface area contributed by atoms with Gasteiger partial charge in [-0.25, -0.2) is 5.26 Å². The molecule has 0 aliphatic carbocycles. The fourth-order valence-electron chi connectivity index (χ4n) is 7.64. The molecule has 0 radical (unpaired) electrons. The molecule has 3 aromatic carbocycles. The summed E-state index contributed by atoms with van der Waals surface area (Å²) in [7, 11) is -4.76. The molecule has 25 heteroatoms. The highest BCUT2D eigenvalue weighted by molar-refractivity contribution is 7.94. The summed E-state index contributed by atoms with van der Waals surface area (Å²) in [5, 5.41) is 41.4. The smallest absolute Gasteiger partial charge is 0.295 e. The minimum absolute atomic E-state index is 0.0699. The Labute approximate surface area is 391 Å². The van der Waals surface area contributed by atoms with Crippen LogP contribution in [-0.4, -0.2) is 173 Å². The van der Waals surface area contributed by atoms with Crippen LogP contribution in [0.5, 0.6) is 0 Å². The monoisotopic (exact) mass is 960 g/mol. The summed E-state index contributed by atoms with van der Waals surface area (Å²) in [5.41, 5.74) is 2.29. The number of morpholine rings is 1. The number of hydrogen-bond acceptors (Lipinski definition) is 23. The summed E-state index contributed by atoms with van der Waals surface area (Å²) in [4.78, 5) is 38.8. The number of β-amino-alcohol motifs (C(OH)–C–C–N with tert-alkyl or cyclic N) is 2. The van der Waals surface area contributed by atoms with Gasteiger partial charge in [-0.05, 0) is 47.5 Å². The number of aliphatic hydroxyl groups is 2. The molecule has 3 aliphatic heterocycles. The van der Waals surface area contributed by atoms with Crippen molar-refractivity contribution in [2.24, 2.45) is 0 Å². The maximum Gasteiger partial charge on any atom is 0.295 e. The Balaban J connectivity index is 1.03. The highest BCUT2D eigenvalue weighted by Crippen LogP contribution is 2.32. The van der Waals surface area contributed by atoms with Crippen molar-refractivity contribution < 1.29 is 42.5 Å². The number of aliphatic hydroxyl groups excluding tert-OH is 2. The van der Waals surface area contributed by atoms with Crippen molar-refractivity contribution in [1.82, 2.24) is 39.7 Å². The van der Waals surface area contributed by atoms with Gasteiger partial charge in [-0.15, -0.1) is 4.33 Å². The number of hydrogen-bond donors (Lipinski definition) is 7. The summed E-state index contributed by atoms with van der Waals surface area (Å²) in [6.45, 7) is 9.13. The Kier molecular flexibility index (Phi) is 16.2. The van der Waals surface area contributed by atoms with Crippen LogP contribution in [0.25, 0.3) is 12.2 Å². The lowest BCUT2D eigenvalue weighted by Gasteiger charge is -2.35. The normalized spacial score (nSPS) is 16.4. The first kappa shape index (κ1) is 47.6. The second kappa shape index (κ2) is 22.8. The maximum atomic E-state index is 12.9. The Morgan fingerprint density at radius 3 is 1.66 bits per heavy atom. The van der Waals surface area contributed by atoms with E-state index >= 15 is 0 Å². The van der Waals surface area contributed by atoms with Crippen LogP contribution in [-0.2, 0) is 24.2 Å². The molecule has 3 aliphatic rings. The lowest BCUT2D eigenvalue weighted by Crippen LogP contribution is -2.48. The van der Waals surface area contributed by atoms with E-state index in [1.54, 1.807) is 30.3 Å². The van der Waals surface area contributed by atoms with E-state index in [4.69, 9.17) is 29.3 Å². The molecule has 3 saturated heterocycles. The number of benzene rings is 3. The van der Waals surface area contributed by atoms with Crippen LogP contribution in [0.15, 0.2) is 76.5 Å². The quantitative estimate of drug-likeness (QED) is 0.0206. The maximum absolute atomic E-state index is 12.9. The Hall–Kier alpha value is -5.84. The Bertz CT molecular complexity index is 2570. The van der Waals surface area contributed by atoms with Gasteiger partial charge in [0, 0.05) is 100 Å². The molecule has 5 heterocycles. The van der Waals surface area contributed by atoms with E-state index in [0.717, 1.165) is 18.8 Å². The first-order chi connectivity index (χ1) is 32.6. The SMILES string of the molecule is O=S(=O)(O)c1cc(Nc2nc(Nc3ccccc3)nc(N3CCN(CCO)CC3)n2)ccc1C=Cc1ccc(Nc2nc(N3CCOCC3)nc(N3CCN(CCO)CC3)n2)cc1SOOO. The predicted octanol–water partition coefficient (Wildman–Crippen LogP) is 3.20. The van der Waals surface area contributed by atoms with Gasteiger partial charge in [0.2, 0.25) is 35.7 Å². The second-order valence-corrected chi connectivity index (χ2v) is 17.7. The van der Waals surface area contributed by atoms with E-state index in [1.165, 1.54) is 18.2 Å². The van der Waals surface area contributed by atoms with Crippen molar-refractivity contribution in [3.05, 3.63) is 77.9 Å². The van der Waals surface area contributed by atoms with Gasteiger partial charge in [-0.2, -0.15) is 38.3 Å². The van der Waals surface area contributed by atoms with E-state index in [1.807, 2.05) is 40.1 Å². The molecular formula is C42H52N14O9S2. The molecule has 67 heavy (non-hydrogen) atoms. The molecule has 7 N–H and O–H groups in total. The molecule has 2 aromatic heterocycles. The average Bonchev–Trinajstić information content (AvgIpc) is 3.34. The number of rotatable bonds is 19. The molecule has 0 amide bonds. The molecule has 0 saturated carbocycles. The predicted molar refractivity (Wildman–Crippen MR) is 253 cm³/mol. The van der Waals surface area contributed by atoms with Crippen LogP contribution in [0.2, 0.25) is 0 Å². The van der Waals surface area contributed by atoms with Crippen LogP contribution in [0.1, 0.15) is 11.1 Å². The van der Waals surface area contributed by atoms with E-state index in [-0.39, 0.29) is 41.3 Å². The van der Waals surface area contributed by atoms with Crippen molar-refractivity contribution >= 4 is 87.1 Å². The van der Waals surface area contributed by atoms with E-state index < -0.39 is 10.1 Å². The number of piperazine rings is 2. The highest BCUT2D eigenvalue weighted by atomic mass is 32.2. The molecule has 0 bridgehead atoms. The molecule has 23 nitrogen and oxygen atoms in total. The first-order valence-corrected chi connectivity index (χ1v) is 23.8. The Morgan fingerprint density at radius 1 is 0.612 bits per heavy atom. The van der Waals surface area contributed by atoms with Gasteiger partial charge in [0.05, 0.1) is 38.5 Å². The zero-order valence-corrected chi connectivity index (χ0v) is 38.0. The lowest BCUT2D eigenvalue weighted by atomic mass is 10.1. The molecular weight excluding hydrogens is 909 g/mol. The van der Waals surface area contributed by atoms with Crippen molar-refractivity contribution in [1.29, 1.82) is 0 Å². The minimum Gasteiger partial charge on any atom is -0.395 e. The number of ether oxygens (including phenoxy) is 1. The molecule has 5 aromatic rings. The van der Waals surface area contributed by atoms with Crippen LogP contribution in [0.4, 0.5) is 52.8 Å². The zero-order chi connectivity index (χ0) is 46.6. The van der Waals surface area contributed by atoms with Gasteiger partial charge < -0.3 is 45.6 Å². The fraction of sp³-hybridized carbons (Fsp3) is 0.381. The largest absolute Gasteiger partial charge is 0.395 e. The third kappa shape index (κ3) is 13.0. The van der Waals surface area contributed by atoms with Gasteiger partial charge >= 0.3 is 0 Å². The van der Waals surface area contributed by atoms with E-state index in [9.17, 15) is 23.2 Å². The third-order valence-electron chi connectivity index (χ3n) is 11.1. The Morgan fingerprint density at radius 2 is 1.10 bits per heavy atom. The first-order valence-electron chi connectivity index (χ1n) is 21.6. The van der Waals surface area contributed by atoms with Crippen molar-refractivity contribution in [2.75, 3.05) is 136 Å². The minimum atomic E-state index is -4.76. The average molecular weight is 961 g/mol. The van der Waals surface area contributed by atoms with Crippen molar-refractivity contribution in [3.63, 3.8) is 0 Å². The summed E-state index contributed by atoms with van der Waals surface area (Å²) >= 11 is 0.704. The zero-order valence-electron chi connectivity index (χ0n) is 36.4. The molecule has 8 rings (SSSR count). The number of nitrogens with one attached hydrogen (secondary N) is 3. The van der Waals surface area contributed by atoms with Gasteiger partial charge in [0.25, 0.3) is 10.1 Å². The molecule has 356 valence electrons. The van der Waals surface area contributed by atoms with Gasteiger partial charge in [-0.1, -0.05) is 47.5 Å².